The number of ether oxygens (including phenoxy) is 1. The van der Waals surface area contributed by atoms with E-state index in [2.05, 4.69) is 49.4 Å². The smallest absolute Gasteiger partial charge is 0.132 e. The van der Waals surface area contributed by atoms with Gasteiger partial charge in [0.05, 0.1) is 17.6 Å². The van der Waals surface area contributed by atoms with Gasteiger partial charge in [0, 0.05) is 4.90 Å². The maximum absolute atomic E-state index is 10.1. The summed E-state index contributed by atoms with van der Waals surface area (Å²) in [6.07, 6.45) is 0.744. The molecule has 3 heteroatoms. The van der Waals surface area contributed by atoms with Crippen molar-refractivity contribution in [2.45, 2.75) is 48.5 Å². The lowest BCUT2D eigenvalue weighted by atomic mass is 9.88. The second kappa shape index (κ2) is 7.73. The molecular formula is C23H26O2S. The molecule has 0 aromatic heterocycles. The van der Waals surface area contributed by atoms with E-state index in [0.29, 0.717) is 5.92 Å². The number of benzene rings is 3. The van der Waals surface area contributed by atoms with Gasteiger partial charge in [0.1, 0.15) is 5.75 Å². The van der Waals surface area contributed by atoms with Crippen molar-refractivity contribution in [3.63, 3.8) is 0 Å². The quantitative estimate of drug-likeness (QED) is 0.558. The number of fused-ring (bicyclic) bond motifs is 1. The van der Waals surface area contributed by atoms with Gasteiger partial charge in [0.25, 0.3) is 0 Å². The van der Waals surface area contributed by atoms with Crippen LogP contribution >= 0.6 is 11.8 Å². The highest BCUT2D eigenvalue weighted by molar-refractivity contribution is 7.99. The van der Waals surface area contributed by atoms with Crippen molar-refractivity contribution in [1.82, 2.24) is 0 Å². The van der Waals surface area contributed by atoms with Gasteiger partial charge < -0.3 is 9.84 Å². The number of hydrogen-bond donors (Lipinski definition) is 1. The second-order valence-corrected chi connectivity index (χ2v) is 8.55. The van der Waals surface area contributed by atoms with E-state index in [1.807, 2.05) is 32.0 Å². The molecule has 0 amide bonds. The fraction of sp³-hybridized carbons (Fsp3) is 0.304. The molecule has 0 aliphatic rings. The van der Waals surface area contributed by atoms with Gasteiger partial charge in [0.2, 0.25) is 0 Å². The number of rotatable bonds is 6. The summed E-state index contributed by atoms with van der Waals surface area (Å²) in [7, 11) is 1.70. The fourth-order valence-corrected chi connectivity index (χ4v) is 4.29. The zero-order valence-electron chi connectivity index (χ0n) is 15.8. The summed E-state index contributed by atoms with van der Waals surface area (Å²) in [6.45, 7) is 5.91. The molecule has 0 saturated carbocycles. The van der Waals surface area contributed by atoms with E-state index in [4.69, 9.17) is 4.74 Å². The minimum atomic E-state index is -0.657. The topological polar surface area (TPSA) is 29.5 Å². The van der Waals surface area contributed by atoms with Gasteiger partial charge in [-0.05, 0) is 66.8 Å². The Morgan fingerprint density at radius 1 is 1.00 bits per heavy atom. The van der Waals surface area contributed by atoms with Gasteiger partial charge in [-0.25, -0.2) is 0 Å². The molecular weight excluding hydrogens is 340 g/mol. The van der Waals surface area contributed by atoms with Crippen molar-refractivity contribution < 1.29 is 9.84 Å². The standard InChI is InChI=1S/C23H26O2S/c1-16(15-23(2,3)24)18-10-9-17-11-12-20(14-19(17)13-18)26-22-8-6-5-7-21(22)25-4/h5-14,16,24H,15H2,1-4H3. The SMILES string of the molecule is COc1ccccc1Sc1ccc2ccc(C(C)CC(C)(C)O)cc2c1. The van der Waals surface area contributed by atoms with Crippen LogP contribution in [0.5, 0.6) is 5.75 Å². The van der Waals surface area contributed by atoms with Gasteiger partial charge in [-0.15, -0.1) is 0 Å². The van der Waals surface area contributed by atoms with Gasteiger partial charge in [-0.2, -0.15) is 0 Å². The minimum absolute atomic E-state index is 0.310. The molecule has 0 fully saturated rings. The fourth-order valence-electron chi connectivity index (χ4n) is 3.31. The normalized spacial score (nSPS) is 13.0. The highest BCUT2D eigenvalue weighted by Crippen LogP contribution is 2.36. The summed E-state index contributed by atoms with van der Waals surface area (Å²) in [5.74, 6) is 1.20. The molecule has 2 nitrogen and oxygen atoms in total. The third kappa shape index (κ3) is 4.60. The molecule has 136 valence electrons. The lowest BCUT2D eigenvalue weighted by molar-refractivity contribution is 0.0647. The van der Waals surface area contributed by atoms with E-state index in [1.165, 1.54) is 21.2 Å². The summed E-state index contributed by atoms with van der Waals surface area (Å²) in [6, 6.07) is 21.2. The zero-order chi connectivity index (χ0) is 18.7. The average molecular weight is 367 g/mol. The Morgan fingerprint density at radius 3 is 2.46 bits per heavy atom. The van der Waals surface area contributed by atoms with E-state index < -0.39 is 5.60 Å². The largest absolute Gasteiger partial charge is 0.496 e. The van der Waals surface area contributed by atoms with Crippen LogP contribution in [0, 0.1) is 0 Å². The minimum Gasteiger partial charge on any atom is -0.496 e. The summed E-state index contributed by atoms with van der Waals surface area (Å²) in [4.78, 5) is 2.30. The van der Waals surface area contributed by atoms with Crippen LogP contribution in [-0.4, -0.2) is 17.8 Å². The molecule has 0 aliphatic carbocycles. The van der Waals surface area contributed by atoms with E-state index >= 15 is 0 Å². The van der Waals surface area contributed by atoms with Crippen molar-refractivity contribution in [1.29, 1.82) is 0 Å². The first-order valence-corrected chi connectivity index (χ1v) is 9.74. The molecule has 1 atom stereocenters. The third-order valence-corrected chi connectivity index (χ3v) is 5.55. The summed E-state index contributed by atoms with van der Waals surface area (Å²) in [5, 5.41) is 12.6. The molecule has 0 bridgehead atoms. The Balaban J connectivity index is 1.89. The van der Waals surface area contributed by atoms with Crippen LogP contribution in [-0.2, 0) is 0 Å². The maximum Gasteiger partial charge on any atom is 0.132 e. The molecule has 1 N–H and O–H groups in total. The van der Waals surface area contributed by atoms with Crippen molar-refractivity contribution in [3.05, 3.63) is 66.2 Å². The molecule has 1 unspecified atom stereocenters. The molecule has 0 spiro atoms. The molecule has 3 rings (SSSR count). The Bertz CT molecular complexity index is 896. The number of aliphatic hydroxyl groups is 1. The van der Waals surface area contributed by atoms with Gasteiger partial charge in [-0.3, -0.25) is 0 Å². The lowest BCUT2D eigenvalue weighted by Crippen LogP contribution is -2.21. The Labute approximate surface area is 160 Å². The lowest BCUT2D eigenvalue weighted by Gasteiger charge is -2.22. The first-order valence-electron chi connectivity index (χ1n) is 8.93. The van der Waals surface area contributed by atoms with E-state index in [0.717, 1.165) is 17.1 Å². The Morgan fingerprint density at radius 2 is 1.73 bits per heavy atom. The van der Waals surface area contributed by atoms with Crippen molar-refractivity contribution in [2.75, 3.05) is 7.11 Å². The first-order chi connectivity index (χ1) is 12.4. The van der Waals surface area contributed by atoms with Crippen LogP contribution in [0.25, 0.3) is 10.8 Å². The highest BCUT2D eigenvalue weighted by atomic mass is 32.2. The van der Waals surface area contributed by atoms with E-state index in [-0.39, 0.29) is 0 Å². The van der Waals surface area contributed by atoms with Crippen molar-refractivity contribution >= 4 is 22.5 Å². The number of para-hydroxylation sites is 1. The Hall–Kier alpha value is -1.97. The molecule has 0 aliphatic heterocycles. The average Bonchev–Trinajstić information content (AvgIpc) is 2.60. The summed E-state index contributed by atoms with van der Waals surface area (Å²) < 4.78 is 5.46. The van der Waals surface area contributed by atoms with Gasteiger partial charge >= 0.3 is 0 Å². The molecule has 0 heterocycles. The highest BCUT2D eigenvalue weighted by Gasteiger charge is 2.18. The molecule has 3 aromatic carbocycles. The Kier molecular flexibility index (Phi) is 5.59. The van der Waals surface area contributed by atoms with E-state index in [9.17, 15) is 5.11 Å². The summed E-state index contributed by atoms with van der Waals surface area (Å²) in [5.41, 5.74) is 0.606. The van der Waals surface area contributed by atoms with Crippen LogP contribution in [0.3, 0.4) is 0 Å². The van der Waals surface area contributed by atoms with Crippen LogP contribution < -0.4 is 4.74 Å². The van der Waals surface area contributed by atoms with Gasteiger partial charge in [0.15, 0.2) is 0 Å². The van der Waals surface area contributed by atoms with Crippen LogP contribution in [0.15, 0.2) is 70.5 Å². The molecule has 0 saturated heterocycles. The monoisotopic (exact) mass is 366 g/mol. The summed E-state index contributed by atoms with van der Waals surface area (Å²) >= 11 is 1.71. The van der Waals surface area contributed by atoms with Crippen molar-refractivity contribution in [3.8, 4) is 5.75 Å². The van der Waals surface area contributed by atoms with E-state index in [1.54, 1.807) is 18.9 Å². The van der Waals surface area contributed by atoms with Crippen LogP contribution in [0.1, 0.15) is 38.7 Å². The number of methoxy groups -OCH3 is 1. The van der Waals surface area contributed by atoms with Crippen LogP contribution in [0.2, 0.25) is 0 Å². The van der Waals surface area contributed by atoms with Gasteiger partial charge in [-0.1, -0.05) is 55.1 Å². The molecule has 3 aromatic rings. The predicted octanol–water partition coefficient (Wildman–Crippen LogP) is 6.26. The second-order valence-electron chi connectivity index (χ2n) is 7.44. The molecule has 0 radical (unpaired) electrons. The third-order valence-electron chi connectivity index (χ3n) is 4.51. The van der Waals surface area contributed by atoms with Crippen LogP contribution in [0.4, 0.5) is 0 Å². The first kappa shape index (κ1) is 18.8. The number of hydrogen-bond acceptors (Lipinski definition) is 3. The predicted molar refractivity (Wildman–Crippen MR) is 110 cm³/mol. The van der Waals surface area contributed by atoms with Crippen molar-refractivity contribution in [2.24, 2.45) is 0 Å². The molecule has 26 heavy (non-hydrogen) atoms. The maximum atomic E-state index is 10.1. The zero-order valence-corrected chi connectivity index (χ0v) is 16.6.